The second kappa shape index (κ2) is 8.97. The molecule has 84 valence electrons. The van der Waals surface area contributed by atoms with Crippen LogP contribution in [0, 0.1) is 0 Å². The first kappa shape index (κ1) is 13.4. The van der Waals surface area contributed by atoms with Gasteiger partial charge in [0.25, 0.3) is 0 Å². The van der Waals surface area contributed by atoms with Gasteiger partial charge in [0, 0.05) is 13.1 Å². The normalized spacial score (nSPS) is 10.6. The molecule has 0 fully saturated rings. The van der Waals surface area contributed by atoms with Crippen LogP contribution in [0.25, 0.3) is 0 Å². The molecule has 2 N–H and O–H groups in total. The van der Waals surface area contributed by atoms with Gasteiger partial charge in [-0.05, 0) is 26.6 Å². The minimum atomic E-state index is 0.0861. The van der Waals surface area contributed by atoms with Crippen LogP contribution in [0.3, 0.4) is 0 Å². The molecule has 0 heterocycles. The standard InChI is InChI=1S/C10H23N3O/c1-4-6-11-9-10(14)12-7-8-13(3)5-2/h11H,4-9H2,1-3H3,(H,12,14). The van der Waals surface area contributed by atoms with Crippen molar-refractivity contribution in [3.05, 3.63) is 0 Å². The van der Waals surface area contributed by atoms with E-state index in [4.69, 9.17) is 0 Å². The lowest BCUT2D eigenvalue weighted by molar-refractivity contribution is -0.120. The van der Waals surface area contributed by atoms with Gasteiger partial charge in [0.15, 0.2) is 0 Å². The largest absolute Gasteiger partial charge is 0.354 e. The van der Waals surface area contributed by atoms with Crippen LogP contribution in [0.5, 0.6) is 0 Å². The third-order valence-corrected chi connectivity index (χ3v) is 2.07. The summed E-state index contributed by atoms with van der Waals surface area (Å²) < 4.78 is 0. The Hall–Kier alpha value is -0.610. The minimum Gasteiger partial charge on any atom is -0.354 e. The summed E-state index contributed by atoms with van der Waals surface area (Å²) in [7, 11) is 2.04. The van der Waals surface area contributed by atoms with E-state index >= 15 is 0 Å². The molecule has 0 aliphatic rings. The third-order valence-electron chi connectivity index (χ3n) is 2.07. The zero-order chi connectivity index (χ0) is 10.8. The van der Waals surface area contributed by atoms with Crippen molar-refractivity contribution in [2.75, 3.05) is 39.8 Å². The van der Waals surface area contributed by atoms with E-state index in [1.54, 1.807) is 0 Å². The molecule has 0 rings (SSSR count). The van der Waals surface area contributed by atoms with Crippen molar-refractivity contribution < 1.29 is 4.79 Å². The number of hydrogen-bond donors (Lipinski definition) is 2. The highest BCUT2D eigenvalue weighted by molar-refractivity contribution is 5.77. The van der Waals surface area contributed by atoms with Gasteiger partial charge < -0.3 is 15.5 Å². The fourth-order valence-corrected chi connectivity index (χ4v) is 0.985. The summed E-state index contributed by atoms with van der Waals surface area (Å²) in [6.07, 6.45) is 1.06. The van der Waals surface area contributed by atoms with Gasteiger partial charge in [-0.2, -0.15) is 0 Å². The maximum Gasteiger partial charge on any atom is 0.234 e. The van der Waals surface area contributed by atoms with E-state index in [1.165, 1.54) is 0 Å². The Balaban J connectivity index is 3.26. The van der Waals surface area contributed by atoms with Crippen molar-refractivity contribution in [2.45, 2.75) is 20.3 Å². The number of amides is 1. The van der Waals surface area contributed by atoms with E-state index in [1.807, 2.05) is 7.05 Å². The molecule has 0 aromatic carbocycles. The van der Waals surface area contributed by atoms with Gasteiger partial charge in [-0.25, -0.2) is 0 Å². The summed E-state index contributed by atoms with van der Waals surface area (Å²) in [6.45, 7) is 8.19. The average molecular weight is 201 g/mol. The van der Waals surface area contributed by atoms with Crippen LogP contribution in [0.15, 0.2) is 0 Å². The van der Waals surface area contributed by atoms with Crippen molar-refractivity contribution >= 4 is 5.91 Å². The topological polar surface area (TPSA) is 44.4 Å². The summed E-state index contributed by atoms with van der Waals surface area (Å²) in [6, 6.07) is 0. The van der Waals surface area contributed by atoms with Gasteiger partial charge in [0.1, 0.15) is 0 Å². The van der Waals surface area contributed by atoms with Gasteiger partial charge in [0.2, 0.25) is 5.91 Å². The Labute approximate surface area is 87.0 Å². The van der Waals surface area contributed by atoms with Crippen molar-refractivity contribution in [3.63, 3.8) is 0 Å². The first-order valence-corrected chi connectivity index (χ1v) is 5.36. The summed E-state index contributed by atoms with van der Waals surface area (Å²) in [4.78, 5) is 13.4. The second-order valence-corrected chi connectivity index (χ2v) is 3.42. The van der Waals surface area contributed by atoms with Gasteiger partial charge in [-0.3, -0.25) is 4.79 Å². The summed E-state index contributed by atoms with van der Waals surface area (Å²) >= 11 is 0. The minimum absolute atomic E-state index is 0.0861. The van der Waals surface area contributed by atoms with Crippen LogP contribution in [0.4, 0.5) is 0 Å². The Morgan fingerprint density at radius 1 is 1.29 bits per heavy atom. The molecule has 4 heteroatoms. The summed E-state index contributed by atoms with van der Waals surface area (Å²) in [5.74, 6) is 0.0861. The third kappa shape index (κ3) is 8.01. The zero-order valence-electron chi connectivity index (χ0n) is 9.60. The molecule has 0 aliphatic carbocycles. The zero-order valence-corrected chi connectivity index (χ0v) is 9.60. The molecule has 0 saturated carbocycles. The first-order valence-electron chi connectivity index (χ1n) is 5.36. The molecule has 1 amide bonds. The van der Waals surface area contributed by atoms with Gasteiger partial charge in [-0.1, -0.05) is 13.8 Å². The van der Waals surface area contributed by atoms with E-state index in [0.29, 0.717) is 6.54 Å². The average Bonchev–Trinajstić information content (AvgIpc) is 2.18. The quantitative estimate of drug-likeness (QED) is 0.546. The van der Waals surface area contributed by atoms with Crippen LogP contribution >= 0.6 is 0 Å². The molecule has 4 nitrogen and oxygen atoms in total. The molecule has 14 heavy (non-hydrogen) atoms. The number of nitrogens with zero attached hydrogens (tertiary/aromatic N) is 1. The van der Waals surface area contributed by atoms with Crippen molar-refractivity contribution in [2.24, 2.45) is 0 Å². The Morgan fingerprint density at radius 2 is 2.00 bits per heavy atom. The lowest BCUT2D eigenvalue weighted by atomic mass is 10.4. The van der Waals surface area contributed by atoms with E-state index < -0.39 is 0 Å². The number of carbonyl (C=O) groups is 1. The maximum atomic E-state index is 11.2. The number of carbonyl (C=O) groups excluding carboxylic acids is 1. The molecule has 0 atom stereocenters. The molecular formula is C10H23N3O. The fourth-order valence-electron chi connectivity index (χ4n) is 0.985. The Kier molecular flexibility index (Phi) is 8.57. The summed E-state index contributed by atoms with van der Waals surface area (Å²) in [5, 5.41) is 5.92. The van der Waals surface area contributed by atoms with Gasteiger partial charge in [0.05, 0.1) is 6.54 Å². The monoisotopic (exact) mass is 201 g/mol. The first-order chi connectivity index (χ1) is 6.70. The van der Waals surface area contributed by atoms with E-state index in [2.05, 4.69) is 29.4 Å². The fraction of sp³-hybridized carbons (Fsp3) is 0.900. The molecule has 0 aromatic rings. The van der Waals surface area contributed by atoms with Crippen LogP contribution in [0.1, 0.15) is 20.3 Å². The maximum absolute atomic E-state index is 11.2. The van der Waals surface area contributed by atoms with Gasteiger partial charge in [-0.15, -0.1) is 0 Å². The van der Waals surface area contributed by atoms with E-state index in [0.717, 1.165) is 32.6 Å². The number of hydrogen-bond acceptors (Lipinski definition) is 3. The van der Waals surface area contributed by atoms with Crippen LogP contribution < -0.4 is 10.6 Å². The summed E-state index contributed by atoms with van der Waals surface area (Å²) in [5.41, 5.74) is 0. The SMILES string of the molecule is CCCNCC(=O)NCCN(C)CC. The highest BCUT2D eigenvalue weighted by Crippen LogP contribution is 1.77. The number of nitrogens with one attached hydrogen (secondary N) is 2. The van der Waals surface area contributed by atoms with Crippen molar-refractivity contribution in [1.29, 1.82) is 0 Å². The molecule has 0 unspecified atom stereocenters. The number of likely N-dealkylation sites (N-methyl/N-ethyl adjacent to an activating group) is 1. The molecule has 0 spiro atoms. The van der Waals surface area contributed by atoms with Crippen LogP contribution in [-0.2, 0) is 4.79 Å². The van der Waals surface area contributed by atoms with Crippen LogP contribution in [0.2, 0.25) is 0 Å². The molecule has 0 aromatic heterocycles. The smallest absolute Gasteiger partial charge is 0.234 e. The molecular weight excluding hydrogens is 178 g/mol. The Bertz CT molecular complexity index is 150. The lowest BCUT2D eigenvalue weighted by Gasteiger charge is -2.13. The molecule has 0 aliphatic heterocycles. The Morgan fingerprint density at radius 3 is 2.57 bits per heavy atom. The van der Waals surface area contributed by atoms with Crippen molar-refractivity contribution in [3.8, 4) is 0 Å². The predicted molar refractivity (Wildman–Crippen MR) is 59.3 cm³/mol. The molecule has 0 bridgehead atoms. The molecule has 0 saturated heterocycles. The van der Waals surface area contributed by atoms with Gasteiger partial charge >= 0.3 is 0 Å². The van der Waals surface area contributed by atoms with E-state index in [9.17, 15) is 4.79 Å². The second-order valence-electron chi connectivity index (χ2n) is 3.42. The lowest BCUT2D eigenvalue weighted by Crippen LogP contribution is -2.38. The van der Waals surface area contributed by atoms with Crippen molar-refractivity contribution in [1.82, 2.24) is 15.5 Å². The highest BCUT2D eigenvalue weighted by Gasteiger charge is 1.99. The van der Waals surface area contributed by atoms with E-state index in [-0.39, 0.29) is 5.91 Å². The molecule has 0 radical (unpaired) electrons. The number of rotatable bonds is 8. The predicted octanol–water partition coefficient (Wildman–Crippen LogP) is 0.0539. The highest BCUT2D eigenvalue weighted by atomic mass is 16.1. The van der Waals surface area contributed by atoms with Crippen LogP contribution in [-0.4, -0.2) is 50.6 Å².